The molecule has 2 aromatic rings. The van der Waals surface area contributed by atoms with Crippen molar-refractivity contribution < 1.29 is 24.2 Å². The molecule has 0 aliphatic rings. The number of phenolic OH excluding ortho intramolecular Hbond substituents is 1. The summed E-state index contributed by atoms with van der Waals surface area (Å²) in [6, 6.07) is 11.8. The van der Waals surface area contributed by atoms with Gasteiger partial charge in [-0.25, -0.2) is 4.79 Å². The first-order valence-electron chi connectivity index (χ1n) is 14.5. The van der Waals surface area contributed by atoms with E-state index in [-0.39, 0.29) is 36.1 Å². The second-order valence-electron chi connectivity index (χ2n) is 12.6. The fourth-order valence-electron chi connectivity index (χ4n) is 4.65. The normalized spacial score (nSPS) is 13.8. The molecule has 0 fully saturated rings. The van der Waals surface area contributed by atoms with E-state index in [4.69, 9.17) is 4.74 Å². The number of nitrogens with zero attached hydrogens (tertiary/aromatic N) is 1. The highest BCUT2D eigenvalue weighted by Crippen LogP contribution is 2.29. The molecule has 3 atom stereocenters. The summed E-state index contributed by atoms with van der Waals surface area (Å²) >= 11 is 0. The van der Waals surface area contributed by atoms with Gasteiger partial charge in [-0.15, -0.1) is 0 Å². The fourth-order valence-corrected chi connectivity index (χ4v) is 4.65. The molecule has 0 saturated carbocycles. The number of nitrogens with one attached hydrogen (secondary N) is 2. The Morgan fingerprint density at radius 1 is 0.927 bits per heavy atom. The van der Waals surface area contributed by atoms with Gasteiger partial charge in [0, 0.05) is 18.5 Å². The summed E-state index contributed by atoms with van der Waals surface area (Å²) in [6.07, 6.45) is 0.972. The lowest BCUT2D eigenvalue weighted by atomic mass is 9.95. The number of ether oxygens (including phenoxy) is 1. The minimum Gasteiger partial charge on any atom is -0.508 e. The molecule has 0 spiro atoms. The van der Waals surface area contributed by atoms with Crippen molar-refractivity contribution in [2.45, 2.75) is 111 Å². The highest BCUT2D eigenvalue weighted by molar-refractivity contribution is 5.92. The monoisotopic (exact) mass is 567 g/mol. The summed E-state index contributed by atoms with van der Waals surface area (Å²) in [4.78, 5) is 43.1. The van der Waals surface area contributed by atoms with Crippen molar-refractivity contribution in [1.29, 1.82) is 0 Å². The van der Waals surface area contributed by atoms with E-state index in [0.717, 1.165) is 17.5 Å². The van der Waals surface area contributed by atoms with Crippen LogP contribution in [0.5, 0.6) is 5.75 Å². The van der Waals surface area contributed by atoms with Gasteiger partial charge in [0.25, 0.3) is 0 Å². The highest BCUT2D eigenvalue weighted by Gasteiger charge is 2.39. The molecule has 0 aromatic heterocycles. The number of aromatic hydroxyl groups is 1. The number of rotatable bonds is 12. The van der Waals surface area contributed by atoms with Crippen LogP contribution in [0.1, 0.15) is 91.0 Å². The van der Waals surface area contributed by atoms with E-state index in [0.29, 0.717) is 17.9 Å². The van der Waals surface area contributed by atoms with Gasteiger partial charge in [0.2, 0.25) is 11.8 Å². The summed E-state index contributed by atoms with van der Waals surface area (Å²) in [5, 5.41) is 15.6. The Bertz CT molecular complexity index is 1150. The Balaban J connectivity index is 2.64. The standard InChI is InChI=1S/C33H49N3O5/c1-21(2)13-14-24(6)36(29(30(38)34-22(3)4)26-12-10-11-23(5)19-26)31(39)28(35-32(40)41-33(7,8)9)20-25-15-17-27(37)18-16-25/h10-12,15-19,21-22,24,28-29,37H,13-14,20H2,1-9H3,(H,34,38)(H,35,40). The largest absolute Gasteiger partial charge is 0.508 e. The quantitative estimate of drug-likeness (QED) is 0.289. The molecular formula is C33H49N3O5. The van der Waals surface area contributed by atoms with E-state index in [9.17, 15) is 19.5 Å². The van der Waals surface area contributed by atoms with Gasteiger partial charge in [-0.05, 0) is 90.5 Å². The van der Waals surface area contributed by atoms with Crippen molar-refractivity contribution in [1.82, 2.24) is 15.5 Å². The molecule has 0 aliphatic heterocycles. The number of benzene rings is 2. The van der Waals surface area contributed by atoms with Gasteiger partial charge >= 0.3 is 6.09 Å². The third-order valence-corrected chi connectivity index (χ3v) is 6.57. The van der Waals surface area contributed by atoms with Crippen LogP contribution in [-0.2, 0) is 20.7 Å². The van der Waals surface area contributed by atoms with Crippen molar-refractivity contribution >= 4 is 17.9 Å². The van der Waals surface area contributed by atoms with Crippen molar-refractivity contribution in [3.63, 3.8) is 0 Å². The SMILES string of the molecule is Cc1cccc(C(C(=O)NC(C)C)N(C(=O)C(Cc2ccc(O)cc2)NC(=O)OC(C)(C)C)C(C)CCC(C)C)c1. The Hall–Kier alpha value is -3.55. The van der Waals surface area contributed by atoms with Gasteiger partial charge in [0.15, 0.2) is 0 Å². The van der Waals surface area contributed by atoms with Crippen LogP contribution < -0.4 is 10.6 Å². The number of carbonyl (C=O) groups excluding carboxylic acids is 3. The topological polar surface area (TPSA) is 108 Å². The molecule has 3 unspecified atom stereocenters. The average Bonchev–Trinajstić information content (AvgIpc) is 2.84. The van der Waals surface area contributed by atoms with Gasteiger partial charge < -0.3 is 25.4 Å². The molecule has 41 heavy (non-hydrogen) atoms. The van der Waals surface area contributed by atoms with E-state index >= 15 is 0 Å². The third-order valence-electron chi connectivity index (χ3n) is 6.57. The van der Waals surface area contributed by atoms with E-state index in [2.05, 4.69) is 24.5 Å². The zero-order valence-corrected chi connectivity index (χ0v) is 26.2. The predicted molar refractivity (Wildman–Crippen MR) is 163 cm³/mol. The third kappa shape index (κ3) is 11.1. The van der Waals surface area contributed by atoms with Crippen molar-refractivity contribution in [2.24, 2.45) is 5.92 Å². The summed E-state index contributed by atoms with van der Waals surface area (Å²) in [5.74, 6) is -0.156. The maximum Gasteiger partial charge on any atom is 0.408 e. The lowest BCUT2D eigenvalue weighted by Gasteiger charge is -2.39. The Morgan fingerprint density at radius 3 is 2.10 bits per heavy atom. The lowest BCUT2D eigenvalue weighted by Crippen LogP contribution is -2.56. The maximum absolute atomic E-state index is 14.6. The molecule has 3 N–H and O–H groups in total. The number of amides is 3. The first kappa shape index (κ1) is 33.7. The molecule has 2 aromatic carbocycles. The van der Waals surface area contributed by atoms with Gasteiger partial charge in [-0.1, -0.05) is 55.8 Å². The zero-order valence-electron chi connectivity index (χ0n) is 26.2. The summed E-state index contributed by atoms with van der Waals surface area (Å²) < 4.78 is 5.52. The number of aryl methyl sites for hydroxylation is 1. The fraction of sp³-hybridized carbons (Fsp3) is 0.545. The van der Waals surface area contributed by atoms with Gasteiger partial charge in [-0.3, -0.25) is 9.59 Å². The minimum atomic E-state index is -1.02. The predicted octanol–water partition coefficient (Wildman–Crippen LogP) is 6.06. The smallest absolute Gasteiger partial charge is 0.408 e. The maximum atomic E-state index is 14.6. The molecule has 2 rings (SSSR count). The van der Waals surface area contributed by atoms with E-state index < -0.39 is 23.8 Å². The van der Waals surface area contributed by atoms with Crippen LogP contribution in [-0.4, -0.2) is 51.6 Å². The molecule has 0 bridgehead atoms. The highest BCUT2D eigenvalue weighted by atomic mass is 16.6. The number of hydrogen-bond donors (Lipinski definition) is 3. The summed E-state index contributed by atoms with van der Waals surface area (Å²) in [5.41, 5.74) is 1.65. The van der Waals surface area contributed by atoms with Gasteiger partial charge in [0.05, 0.1) is 0 Å². The molecule has 0 radical (unpaired) electrons. The summed E-state index contributed by atoms with van der Waals surface area (Å²) in [6.45, 7) is 17.2. The second-order valence-corrected chi connectivity index (χ2v) is 12.6. The average molecular weight is 568 g/mol. The van der Waals surface area contributed by atoms with E-state index in [1.165, 1.54) is 0 Å². The zero-order chi connectivity index (χ0) is 30.9. The van der Waals surface area contributed by atoms with Crippen LogP contribution in [0.3, 0.4) is 0 Å². The minimum absolute atomic E-state index is 0.102. The Labute approximate surface area is 245 Å². The number of alkyl carbamates (subject to hydrolysis) is 1. The molecule has 0 heterocycles. The van der Waals surface area contributed by atoms with Crippen molar-refractivity contribution in [3.05, 3.63) is 65.2 Å². The number of phenols is 1. The van der Waals surface area contributed by atoms with Crippen LogP contribution in [0.25, 0.3) is 0 Å². The molecular weight excluding hydrogens is 518 g/mol. The van der Waals surface area contributed by atoms with Gasteiger partial charge in [-0.2, -0.15) is 0 Å². The molecule has 0 saturated heterocycles. The molecule has 8 nitrogen and oxygen atoms in total. The first-order valence-corrected chi connectivity index (χ1v) is 14.5. The molecule has 0 aliphatic carbocycles. The Kier molecular flexibility index (Phi) is 12.2. The van der Waals surface area contributed by atoms with Crippen LogP contribution in [0.4, 0.5) is 4.79 Å². The van der Waals surface area contributed by atoms with Gasteiger partial charge in [0.1, 0.15) is 23.4 Å². The van der Waals surface area contributed by atoms with Crippen molar-refractivity contribution in [2.75, 3.05) is 0 Å². The van der Waals surface area contributed by atoms with Crippen LogP contribution in [0.15, 0.2) is 48.5 Å². The summed E-state index contributed by atoms with van der Waals surface area (Å²) in [7, 11) is 0. The second kappa shape index (κ2) is 14.9. The van der Waals surface area contributed by atoms with Crippen LogP contribution in [0.2, 0.25) is 0 Å². The molecule has 8 heteroatoms. The van der Waals surface area contributed by atoms with Crippen LogP contribution in [0, 0.1) is 12.8 Å². The van der Waals surface area contributed by atoms with E-state index in [1.54, 1.807) is 49.9 Å². The number of hydrogen-bond acceptors (Lipinski definition) is 5. The van der Waals surface area contributed by atoms with E-state index in [1.807, 2.05) is 52.0 Å². The lowest BCUT2D eigenvalue weighted by molar-refractivity contribution is -0.145. The molecule has 3 amide bonds. The van der Waals surface area contributed by atoms with Crippen LogP contribution >= 0.6 is 0 Å². The Morgan fingerprint density at radius 2 is 1.56 bits per heavy atom. The number of carbonyl (C=O) groups is 3. The van der Waals surface area contributed by atoms with Crippen molar-refractivity contribution in [3.8, 4) is 5.75 Å². The first-order chi connectivity index (χ1) is 19.1. The molecule has 226 valence electrons.